The smallest absolute Gasteiger partial charge is 0.342 e. The molecule has 0 saturated heterocycles. The molecule has 0 spiro atoms. The summed E-state index contributed by atoms with van der Waals surface area (Å²) in [4.78, 5) is 38.7. The number of rotatable bonds is 6. The summed E-state index contributed by atoms with van der Waals surface area (Å²) in [6.07, 6.45) is 0. The van der Waals surface area contributed by atoms with Crippen molar-refractivity contribution in [2.75, 3.05) is 13.2 Å². The molecule has 0 amide bonds. The third-order valence-electron chi connectivity index (χ3n) is 4.43. The minimum atomic E-state index is -0.807. The van der Waals surface area contributed by atoms with Crippen molar-refractivity contribution in [2.45, 2.75) is 13.8 Å². The fraction of sp³-hybridized carbons (Fsp3) is 0.174. The first-order valence-electron chi connectivity index (χ1n) is 9.28. The van der Waals surface area contributed by atoms with E-state index >= 15 is 0 Å². The van der Waals surface area contributed by atoms with Crippen LogP contribution in [0.2, 0.25) is 10.0 Å². The van der Waals surface area contributed by atoms with Crippen molar-refractivity contribution in [3.63, 3.8) is 0 Å². The van der Waals surface area contributed by atoms with Gasteiger partial charge in [0.15, 0.2) is 0 Å². The standard InChI is InChI=1S/C23H18Cl2O5/c1-3-29-22(27)19-17(13-5-9-15(24)10-6-13)18(14-7-11-16(25)12-8-14)20(21(19)26)23(28)30-4-2/h5-12H,3-4H2,1-2H3. The van der Waals surface area contributed by atoms with Crippen molar-refractivity contribution >= 4 is 52.1 Å². The van der Waals surface area contributed by atoms with E-state index < -0.39 is 17.7 Å². The largest absolute Gasteiger partial charge is 0.462 e. The lowest BCUT2D eigenvalue weighted by Crippen LogP contribution is -2.20. The maximum atomic E-state index is 13.3. The van der Waals surface area contributed by atoms with Gasteiger partial charge in [-0.2, -0.15) is 0 Å². The molecule has 0 bridgehead atoms. The molecule has 0 aliphatic heterocycles. The van der Waals surface area contributed by atoms with Crippen LogP contribution in [0.25, 0.3) is 11.1 Å². The lowest BCUT2D eigenvalue weighted by molar-refractivity contribution is -0.140. The first-order valence-corrected chi connectivity index (χ1v) is 10.0. The molecule has 1 aliphatic rings. The van der Waals surface area contributed by atoms with E-state index in [9.17, 15) is 14.4 Å². The number of benzene rings is 2. The van der Waals surface area contributed by atoms with Crippen LogP contribution in [0.3, 0.4) is 0 Å². The van der Waals surface area contributed by atoms with Gasteiger partial charge in [-0.1, -0.05) is 47.5 Å². The molecule has 5 nitrogen and oxygen atoms in total. The van der Waals surface area contributed by atoms with E-state index in [1.165, 1.54) is 0 Å². The number of esters is 2. The molecule has 0 fully saturated rings. The maximum absolute atomic E-state index is 13.3. The van der Waals surface area contributed by atoms with Crippen LogP contribution in [0.15, 0.2) is 59.7 Å². The fourth-order valence-electron chi connectivity index (χ4n) is 3.21. The van der Waals surface area contributed by atoms with Gasteiger partial charge in [-0.3, -0.25) is 4.79 Å². The Morgan fingerprint density at radius 1 is 0.700 bits per heavy atom. The van der Waals surface area contributed by atoms with Crippen LogP contribution in [0.4, 0.5) is 0 Å². The SMILES string of the molecule is CCOC(=O)C1=C(c2ccc(Cl)cc2)C(c2ccc(Cl)cc2)=C(C(=O)OCC)C1=O. The fourth-order valence-corrected chi connectivity index (χ4v) is 3.46. The second kappa shape index (κ2) is 9.28. The highest BCUT2D eigenvalue weighted by Gasteiger charge is 2.42. The molecule has 0 unspecified atom stereocenters. The van der Waals surface area contributed by atoms with Crippen LogP contribution in [-0.2, 0) is 23.9 Å². The first kappa shape index (κ1) is 21.8. The molecular weight excluding hydrogens is 427 g/mol. The van der Waals surface area contributed by atoms with E-state index in [4.69, 9.17) is 32.7 Å². The van der Waals surface area contributed by atoms with E-state index in [0.29, 0.717) is 32.3 Å². The van der Waals surface area contributed by atoms with Crippen LogP contribution >= 0.6 is 23.2 Å². The van der Waals surface area contributed by atoms with Gasteiger partial charge in [-0.05, 0) is 49.2 Å². The third-order valence-corrected chi connectivity index (χ3v) is 4.93. The molecule has 30 heavy (non-hydrogen) atoms. The predicted octanol–water partition coefficient (Wildman–Crippen LogP) is 4.91. The van der Waals surface area contributed by atoms with Crippen molar-refractivity contribution in [1.29, 1.82) is 0 Å². The molecule has 3 rings (SSSR count). The quantitative estimate of drug-likeness (QED) is 0.467. The average molecular weight is 445 g/mol. The van der Waals surface area contributed by atoms with E-state index in [1.54, 1.807) is 62.4 Å². The normalized spacial score (nSPS) is 13.7. The van der Waals surface area contributed by atoms with Crippen LogP contribution in [-0.4, -0.2) is 30.9 Å². The third kappa shape index (κ3) is 4.18. The molecule has 0 atom stereocenters. The lowest BCUT2D eigenvalue weighted by Gasteiger charge is -2.13. The monoisotopic (exact) mass is 444 g/mol. The zero-order valence-corrected chi connectivity index (χ0v) is 17.8. The van der Waals surface area contributed by atoms with Gasteiger partial charge in [0.1, 0.15) is 11.1 Å². The average Bonchev–Trinajstić information content (AvgIpc) is 3.02. The molecule has 1 aliphatic carbocycles. The Morgan fingerprint density at radius 3 is 1.33 bits per heavy atom. The molecule has 0 radical (unpaired) electrons. The van der Waals surface area contributed by atoms with Crippen LogP contribution in [0.5, 0.6) is 0 Å². The molecule has 0 saturated carbocycles. The van der Waals surface area contributed by atoms with Gasteiger partial charge in [0.25, 0.3) is 0 Å². The van der Waals surface area contributed by atoms with Gasteiger partial charge in [-0.15, -0.1) is 0 Å². The Balaban J connectivity index is 2.34. The van der Waals surface area contributed by atoms with Gasteiger partial charge in [-0.25, -0.2) is 9.59 Å². The number of halogens is 2. The summed E-state index contributed by atoms with van der Waals surface area (Å²) in [5, 5.41) is 0.980. The summed E-state index contributed by atoms with van der Waals surface area (Å²) in [6.45, 7) is 3.43. The molecule has 7 heteroatoms. The lowest BCUT2D eigenvalue weighted by atomic mass is 9.91. The number of ketones is 1. The highest BCUT2D eigenvalue weighted by Crippen LogP contribution is 2.44. The zero-order chi connectivity index (χ0) is 21.8. The number of allylic oxidation sites excluding steroid dienone is 2. The minimum Gasteiger partial charge on any atom is -0.462 e. The van der Waals surface area contributed by atoms with Crippen LogP contribution in [0.1, 0.15) is 25.0 Å². The van der Waals surface area contributed by atoms with Crippen molar-refractivity contribution in [2.24, 2.45) is 0 Å². The first-order chi connectivity index (χ1) is 14.4. The summed E-state index contributed by atoms with van der Waals surface area (Å²) in [5.41, 5.74) is 1.24. The van der Waals surface area contributed by atoms with Crippen LogP contribution < -0.4 is 0 Å². The number of carbonyl (C=O) groups excluding carboxylic acids is 3. The summed E-state index contributed by atoms with van der Waals surface area (Å²) in [6, 6.07) is 13.3. The van der Waals surface area contributed by atoms with E-state index in [1.807, 2.05) is 0 Å². The van der Waals surface area contributed by atoms with E-state index in [-0.39, 0.29) is 24.4 Å². The van der Waals surface area contributed by atoms with Gasteiger partial charge in [0.05, 0.1) is 13.2 Å². The minimum absolute atomic E-state index is 0.0779. The number of ether oxygens (including phenoxy) is 2. The van der Waals surface area contributed by atoms with Crippen molar-refractivity contribution in [1.82, 2.24) is 0 Å². The van der Waals surface area contributed by atoms with Gasteiger partial charge in [0, 0.05) is 21.2 Å². The summed E-state index contributed by atoms with van der Waals surface area (Å²) in [7, 11) is 0. The Labute approximate surface area is 183 Å². The van der Waals surface area contributed by atoms with Crippen molar-refractivity contribution in [3.05, 3.63) is 80.8 Å². The molecule has 0 aromatic heterocycles. The number of hydrogen-bond acceptors (Lipinski definition) is 5. The summed E-state index contributed by atoms with van der Waals surface area (Å²) < 4.78 is 10.2. The Morgan fingerprint density at radius 2 is 1.03 bits per heavy atom. The second-order valence-electron chi connectivity index (χ2n) is 6.28. The van der Waals surface area contributed by atoms with Gasteiger partial charge < -0.3 is 9.47 Å². The predicted molar refractivity (Wildman–Crippen MR) is 115 cm³/mol. The Bertz CT molecular complexity index is 978. The Hall–Kier alpha value is -2.89. The molecule has 0 N–H and O–H groups in total. The molecule has 154 valence electrons. The van der Waals surface area contributed by atoms with E-state index in [2.05, 4.69) is 0 Å². The molecule has 0 heterocycles. The number of hydrogen-bond donors (Lipinski definition) is 0. The zero-order valence-electron chi connectivity index (χ0n) is 16.3. The summed E-state index contributed by atoms with van der Waals surface area (Å²) in [5.74, 6) is -2.35. The van der Waals surface area contributed by atoms with Crippen LogP contribution in [0, 0.1) is 0 Å². The highest BCUT2D eigenvalue weighted by molar-refractivity contribution is 6.47. The highest BCUT2D eigenvalue weighted by atomic mass is 35.5. The van der Waals surface area contributed by atoms with Gasteiger partial charge >= 0.3 is 11.9 Å². The number of carbonyl (C=O) groups is 3. The topological polar surface area (TPSA) is 69.7 Å². The molecule has 2 aromatic carbocycles. The Kier molecular flexibility index (Phi) is 6.75. The molecule has 2 aromatic rings. The maximum Gasteiger partial charge on any atom is 0.342 e. The number of Topliss-reactive ketones (excluding diaryl/α,β-unsaturated/α-hetero) is 1. The molecular formula is C23H18Cl2O5. The van der Waals surface area contributed by atoms with Gasteiger partial charge in [0.2, 0.25) is 5.78 Å². The van der Waals surface area contributed by atoms with E-state index in [0.717, 1.165) is 0 Å². The summed E-state index contributed by atoms with van der Waals surface area (Å²) >= 11 is 12.0. The van der Waals surface area contributed by atoms with Crippen molar-refractivity contribution < 1.29 is 23.9 Å². The van der Waals surface area contributed by atoms with Crippen molar-refractivity contribution in [3.8, 4) is 0 Å². The second-order valence-corrected chi connectivity index (χ2v) is 7.16.